The van der Waals surface area contributed by atoms with Crippen LogP contribution < -0.4 is 0 Å². The molecule has 0 heterocycles. The maximum atomic E-state index is 13.3. The second kappa shape index (κ2) is 5.38. The molecule has 0 aliphatic rings. The van der Waals surface area contributed by atoms with Crippen molar-refractivity contribution in [1.82, 2.24) is 0 Å². The lowest BCUT2D eigenvalue weighted by Gasteiger charge is -2.01. The number of halogens is 1. The van der Waals surface area contributed by atoms with Crippen molar-refractivity contribution in [2.45, 2.75) is 6.61 Å². The van der Waals surface area contributed by atoms with E-state index in [1.807, 2.05) is 0 Å². The van der Waals surface area contributed by atoms with Gasteiger partial charge < -0.3 is 9.84 Å². The standard InChI is InChI=1S/C11H11FO2/c1-14-8-10-5-4-9(3-2-6-13)7-11(10)12/h4-5,7,13H,6,8H2,1H3. The van der Waals surface area contributed by atoms with Crippen molar-refractivity contribution < 1.29 is 14.2 Å². The first-order valence-electron chi connectivity index (χ1n) is 4.15. The number of benzene rings is 1. The lowest BCUT2D eigenvalue weighted by atomic mass is 10.1. The predicted molar refractivity (Wildman–Crippen MR) is 51.1 cm³/mol. The highest BCUT2D eigenvalue weighted by Gasteiger charge is 2.01. The minimum Gasteiger partial charge on any atom is -0.384 e. The van der Waals surface area contributed by atoms with Crippen molar-refractivity contribution in [3.8, 4) is 11.8 Å². The summed E-state index contributed by atoms with van der Waals surface area (Å²) in [5, 5.41) is 8.45. The molecule has 0 radical (unpaired) electrons. The minimum atomic E-state index is -0.336. The zero-order valence-electron chi connectivity index (χ0n) is 7.88. The fourth-order valence-corrected chi connectivity index (χ4v) is 1.04. The number of methoxy groups -OCH3 is 1. The van der Waals surface area contributed by atoms with E-state index in [2.05, 4.69) is 11.8 Å². The van der Waals surface area contributed by atoms with Crippen LogP contribution in [-0.2, 0) is 11.3 Å². The Hall–Kier alpha value is -1.37. The molecule has 0 saturated heterocycles. The first-order valence-corrected chi connectivity index (χ1v) is 4.15. The van der Waals surface area contributed by atoms with Crippen LogP contribution in [-0.4, -0.2) is 18.8 Å². The quantitative estimate of drug-likeness (QED) is 0.719. The van der Waals surface area contributed by atoms with Crippen LogP contribution in [0.15, 0.2) is 18.2 Å². The van der Waals surface area contributed by atoms with Crippen molar-refractivity contribution >= 4 is 0 Å². The highest BCUT2D eigenvalue weighted by molar-refractivity contribution is 5.36. The smallest absolute Gasteiger partial charge is 0.129 e. The molecule has 1 aromatic rings. The van der Waals surface area contributed by atoms with Gasteiger partial charge in [0.1, 0.15) is 12.4 Å². The summed E-state index contributed by atoms with van der Waals surface area (Å²) in [5.41, 5.74) is 1.05. The SMILES string of the molecule is COCc1ccc(C#CCO)cc1F. The molecule has 0 fully saturated rings. The molecule has 0 unspecified atom stereocenters. The van der Waals surface area contributed by atoms with Gasteiger partial charge in [0.15, 0.2) is 0 Å². The summed E-state index contributed by atoms with van der Waals surface area (Å²) >= 11 is 0. The van der Waals surface area contributed by atoms with E-state index in [9.17, 15) is 4.39 Å². The van der Waals surface area contributed by atoms with Crippen LogP contribution in [0.25, 0.3) is 0 Å². The number of hydrogen-bond donors (Lipinski definition) is 1. The molecule has 0 amide bonds. The summed E-state index contributed by atoms with van der Waals surface area (Å²) < 4.78 is 18.1. The monoisotopic (exact) mass is 194 g/mol. The third-order valence-electron chi connectivity index (χ3n) is 1.66. The molecule has 3 heteroatoms. The van der Waals surface area contributed by atoms with Gasteiger partial charge in [0, 0.05) is 18.2 Å². The molecule has 0 saturated carbocycles. The average molecular weight is 194 g/mol. The Bertz CT molecular complexity index is 363. The third kappa shape index (κ3) is 2.84. The van der Waals surface area contributed by atoms with Gasteiger partial charge in [-0.25, -0.2) is 4.39 Å². The number of rotatable bonds is 2. The van der Waals surface area contributed by atoms with Gasteiger partial charge in [0.25, 0.3) is 0 Å². The van der Waals surface area contributed by atoms with Gasteiger partial charge in [-0.05, 0) is 12.1 Å². The molecule has 0 atom stereocenters. The van der Waals surface area contributed by atoms with Gasteiger partial charge >= 0.3 is 0 Å². The Morgan fingerprint density at radius 3 is 2.86 bits per heavy atom. The van der Waals surface area contributed by atoms with Gasteiger partial charge in [-0.15, -0.1) is 0 Å². The van der Waals surface area contributed by atoms with Crippen LogP contribution in [0.5, 0.6) is 0 Å². The summed E-state index contributed by atoms with van der Waals surface area (Å²) in [6.07, 6.45) is 0. The van der Waals surface area contributed by atoms with E-state index in [0.29, 0.717) is 11.1 Å². The maximum Gasteiger partial charge on any atom is 0.129 e. The molecule has 14 heavy (non-hydrogen) atoms. The second-order valence-corrected chi connectivity index (χ2v) is 2.70. The summed E-state index contributed by atoms with van der Waals surface area (Å²) in [6.45, 7) is 0.0288. The van der Waals surface area contributed by atoms with E-state index in [1.165, 1.54) is 13.2 Å². The van der Waals surface area contributed by atoms with Crippen molar-refractivity contribution in [3.05, 3.63) is 35.1 Å². The van der Waals surface area contributed by atoms with Gasteiger partial charge in [-0.3, -0.25) is 0 Å². The minimum absolute atomic E-state index is 0.221. The fraction of sp³-hybridized carbons (Fsp3) is 0.273. The van der Waals surface area contributed by atoms with Gasteiger partial charge in [0.2, 0.25) is 0 Å². The Morgan fingerprint density at radius 2 is 2.29 bits per heavy atom. The summed E-state index contributed by atoms with van der Waals surface area (Å²) in [4.78, 5) is 0. The fourth-order valence-electron chi connectivity index (χ4n) is 1.04. The average Bonchev–Trinajstić information content (AvgIpc) is 2.19. The second-order valence-electron chi connectivity index (χ2n) is 2.70. The third-order valence-corrected chi connectivity index (χ3v) is 1.66. The molecule has 2 nitrogen and oxygen atoms in total. The van der Waals surface area contributed by atoms with E-state index in [4.69, 9.17) is 9.84 Å². The topological polar surface area (TPSA) is 29.5 Å². The van der Waals surface area contributed by atoms with Crippen molar-refractivity contribution in [2.75, 3.05) is 13.7 Å². The Morgan fingerprint density at radius 1 is 1.50 bits per heavy atom. The Balaban J connectivity index is 2.88. The molecular formula is C11H11FO2. The van der Waals surface area contributed by atoms with E-state index in [-0.39, 0.29) is 19.0 Å². The van der Waals surface area contributed by atoms with E-state index in [0.717, 1.165) is 0 Å². The van der Waals surface area contributed by atoms with Crippen molar-refractivity contribution in [1.29, 1.82) is 0 Å². The highest BCUT2D eigenvalue weighted by atomic mass is 19.1. The lowest BCUT2D eigenvalue weighted by molar-refractivity contribution is 0.181. The molecule has 0 bridgehead atoms. The summed E-state index contributed by atoms with van der Waals surface area (Å²) in [5.74, 6) is 4.74. The van der Waals surface area contributed by atoms with Gasteiger partial charge in [0.05, 0.1) is 6.61 Å². The molecule has 1 rings (SSSR count). The number of hydrogen-bond acceptors (Lipinski definition) is 2. The Labute approximate surface area is 82.3 Å². The number of aliphatic hydroxyl groups excluding tert-OH is 1. The molecule has 0 spiro atoms. The van der Waals surface area contributed by atoms with Crippen LogP contribution in [0.2, 0.25) is 0 Å². The molecular weight excluding hydrogens is 183 g/mol. The zero-order chi connectivity index (χ0) is 10.4. The van der Waals surface area contributed by atoms with Gasteiger partial charge in [-0.1, -0.05) is 17.9 Å². The van der Waals surface area contributed by atoms with Crippen LogP contribution in [0.1, 0.15) is 11.1 Å². The first kappa shape index (κ1) is 10.7. The van der Waals surface area contributed by atoms with Crippen LogP contribution in [0, 0.1) is 17.7 Å². The zero-order valence-corrected chi connectivity index (χ0v) is 7.88. The molecule has 1 aromatic carbocycles. The predicted octanol–water partition coefficient (Wildman–Crippen LogP) is 1.32. The lowest BCUT2D eigenvalue weighted by Crippen LogP contribution is -1.93. The molecule has 1 N–H and O–H groups in total. The van der Waals surface area contributed by atoms with Gasteiger partial charge in [-0.2, -0.15) is 0 Å². The normalized spacial score (nSPS) is 9.36. The molecule has 0 aromatic heterocycles. The number of aliphatic hydroxyl groups is 1. The Kier molecular flexibility index (Phi) is 4.11. The summed E-state index contributed by atoms with van der Waals surface area (Å²) in [7, 11) is 1.51. The van der Waals surface area contributed by atoms with Crippen LogP contribution in [0.3, 0.4) is 0 Å². The number of ether oxygens (including phenoxy) is 1. The van der Waals surface area contributed by atoms with E-state index in [1.54, 1.807) is 12.1 Å². The van der Waals surface area contributed by atoms with E-state index < -0.39 is 0 Å². The summed E-state index contributed by atoms with van der Waals surface area (Å²) in [6, 6.07) is 4.65. The van der Waals surface area contributed by atoms with Crippen molar-refractivity contribution in [2.24, 2.45) is 0 Å². The molecule has 0 aliphatic heterocycles. The largest absolute Gasteiger partial charge is 0.384 e. The van der Waals surface area contributed by atoms with Crippen LogP contribution in [0.4, 0.5) is 4.39 Å². The first-order chi connectivity index (χ1) is 6.77. The molecule has 0 aliphatic carbocycles. The van der Waals surface area contributed by atoms with E-state index >= 15 is 0 Å². The van der Waals surface area contributed by atoms with Crippen molar-refractivity contribution in [3.63, 3.8) is 0 Å². The van der Waals surface area contributed by atoms with Crippen LogP contribution >= 0.6 is 0 Å². The highest BCUT2D eigenvalue weighted by Crippen LogP contribution is 2.10. The molecule has 74 valence electrons. The maximum absolute atomic E-state index is 13.3.